The molecule has 0 atom stereocenters. The van der Waals surface area contributed by atoms with E-state index >= 15 is 0 Å². The average molecular weight is 1400 g/mol. The number of nitrogens with zero attached hydrogens (tertiary/aromatic N) is 4. The number of hydrogen-bond acceptors (Lipinski definition) is 2. The van der Waals surface area contributed by atoms with E-state index in [0.29, 0.717) is 0 Å². The van der Waals surface area contributed by atoms with Crippen molar-refractivity contribution in [3.05, 3.63) is 449 Å². The summed E-state index contributed by atoms with van der Waals surface area (Å²) in [5.41, 5.74) is 30.6. The van der Waals surface area contributed by atoms with Gasteiger partial charge in [-0.3, -0.25) is 0 Å². The molecule has 20 rings (SSSR count). The van der Waals surface area contributed by atoms with Crippen LogP contribution in [0.15, 0.2) is 449 Å². The Labute approximate surface area is 641 Å². The minimum atomic E-state index is 1.10. The normalized spacial score (nSPS) is 11.3. The molecule has 0 unspecified atom stereocenters. The van der Waals surface area contributed by atoms with Gasteiger partial charge >= 0.3 is 0 Å². The van der Waals surface area contributed by atoms with Gasteiger partial charge in [-0.15, -0.1) is 0 Å². The second-order valence-corrected chi connectivity index (χ2v) is 28.0. The molecule has 0 radical (unpaired) electrons. The van der Waals surface area contributed by atoms with Crippen LogP contribution in [0.1, 0.15) is 0 Å². The maximum absolute atomic E-state index is 2.42. The molecule has 20 aromatic rings. The number of rotatable bonds is 15. The SMILES string of the molecule is c1ccc(-c2ccc(N(c3ccc(-c4ccccc4)cc3)c3ccc(-c4ccc5c(c4)c4ccccc4n5-c4ccc(-c5ccccc5)cc4)cc3)cc2)cc1.c1ccc(-c2ccc(N(c3ccc(-c4ccccc4)cc3)c3ccc(-c4ccc5c(c4)c4ccccc4n5-c4cccc5ccccc45)cc3)cc2)cc1. The molecule has 18 aromatic carbocycles. The molecule has 0 bridgehead atoms. The number of anilines is 6. The van der Waals surface area contributed by atoms with Crippen LogP contribution in [0.25, 0.3) is 144 Å². The summed E-state index contributed by atoms with van der Waals surface area (Å²) in [5, 5.41) is 7.48. The van der Waals surface area contributed by atoms with Gasteiger partial charge in [0.25, 0.3) is 0 Å². The lowest BCUT2D eigenvalue weighted by molar-refractivity contribution is 1.18. The maximum Gasteiger partial charge on any atom is 0.0541 e. The first-order valence-corrected chi connectivity index (χ1v) is 37.7. The van der Waals surface area contributed by atoms with Gasteiger partial charge in [-0.05, 0) is 211 Å². The second kappa shape index (κ2) is 29.4. The first-order chi connectivity index (χ1) is 54.5. The Hall–Kier alpha value is -14.6. The first-order valence-electron chi connectivity index (χ1n) is 37.7. The molecule has 2 heterocycles. The highest BCUT2D eigenvalue weighted by atomic mass is 15.1. The van der Waals surface area contributed by atoms with Gasteiger partial charge in [-0.25, -0.2) is 0 Å². The molecule has 0 aliphatic carbocycles. The van der Waals surface area contributed by atoms with Crippen molar-refractivity contribution in [1.82, 2.24) is 9.13 Å². The fraction of sp³-hybridized carbons (Fsp3) is 0. The molecule has 4 nitrogen and oxygen atoms in total. The fourth-order valence-corrected chi connectivity index (χ4v) is 15.9. The van der Waals surface area contributed by atoms with E-state index < -0.39 is 0 Å². The van der Waals surface area contributed by atoms with Crippen molar-refractivity contribution in [2.24, 2.45) is 0 Å². The van der Waals surface area contributed by atoms with Gasteiger partial charge < -0.3 is 18.9 Å². The van der Waals surface area contributed by atoms with E-state index in [1.807, 2.05) is 0 Å². The highest BCUT2D eigenvalue weighted by molar-refractivity contribution is 6.13. The molecular weight excluding hydrogens is 1330 g/mol. The Morgan fingerprint density at radius 2 is 0.382 bits per heavy atom. The lowest BCUT2D eigenvalue weighted by Crippen LogP contribution is -2.09. The molecule has 4 heteroatoms. The molecule has 0 fully saturated rings. The molecular formula is C106H74N4. The molecule has 0 spiro atoms. The molecule has 0 amide bonds. The van der Waals surface area contributed by atoms with Gasteiger partial charge in [0.2, 0.25) is 0 Å². The number of aromatic nitrogens is 2. The molecule has 0 saturated carbocycles. The Bertz CT molecular complexity index is 6430. The Morgan fingerprint density at radius 1 is 0.145 bits per heavy atom. The van der Waals surface area contributed by atoms with E-state index in [0.717, 1.165) is 39.8 Å². The second-order valence-electron chi connectivity index (χ2n) is 28.0. The van der Waals surface area contributed by atoms with Crippen LogP contribution in [-0.4, -0.2) is 9.13 Å². The summed E-state index contributed by atoms with van der Waals surface area (Å²) < 4.78 is 4.81. The maximum atomic E-state index is 2.42. The van der Waals surface area contributed by atoms with E-state index in [4.69, 9.17) is 0 Å². The predicted molar refractivity (Wildman–Crippen MR) is 466 cm³/mol. The predicted octanol–water partition coefficient (Wildman–Crippen LogP) is 29.3. The van der Waals surface area contributed by atoms with Crippen molar-refractivity contribution in [3.8, 4) is 89.3 Å². The summed E-state index contributed by atoms with van der Waals surface area (Å²) >= 11 is 0. The molecule has 0 aliphatic rings. The smallest absolute Gasteiger partial charge is 0.0541 e. The van der Waals surface area contributed by atoms with E-state index in [1.54, 1.807) is 0 Å². The van der Waals surface area contributed by atoms with E-state index in [1.165, 1.54) is 138 Å². The average Bonchev–Trinajstić information content (AvgIpc) is 1.61. The molecule has 2 aromatic heterocycles. The van der Waals surface area contributed by atoms with E-state index in [-0.39, 0.29) is 0 Å². The van der Waals surface area contributed by atoms with Crippen LogP contribution in [0, 0.1) is 0 Å². The van der Waals surface area contributed by atoms with Gasteiger partial charge in [0.15, 0.2) is 0 Å². The highest BCUT2D eigenvalue weighted by Gasteiger charge is 2.20. The zero-order chi connectivity index (χ0) is 73.1. The molecule has 518 valence electrons. The molecule has 0 saturated heterocycles. The van der Waals surface area contributed by atoms with Crippen molar-refractivity contribution in [2.75, 3.05) is 9.80 Å². The van der Waals surface area contributed by atoms with Crippen molar-refractivity contribution >= 4 is 88.5 Å². The monoisotopic (exact) mass is 1400 g/mol. The van der Waals surface area contributed by atoms with Crippen LogP contribution in [0.3, 0.4) is 0 Å². The number of para-hydroxylation sites is 2. The van der Waals surface area contributed by atoms with Gasteiger partial charge in [-0.2, -0.15) is 0 Å². The van der Waals surface area contributed by atoms with Crippen molar-refractivity contribution in [3.63, 3.8) is 0 Å². The van der Waals surface area contributed by atoms with Crippen LogP contribution in [0.4, 0.5) is 34.1 Å². The van der Waals surface area contributed by atoms with Gasteiger partial charge in [-0.1, -0.05) is 322 Å². The topological polar surface area (TPSA) is 16.3 Å². The van der Waals surface area contributed by atoms with E-state index in [9.17, 15) is 0 Å². The summed E-state index contributed by atoms with van der Waals surface area (Å²) in [6, 6.07) is 162. The molecule has 0 aliphatic heterocycles. The van der Waals surface area contributed by atoms with Crippen molar-refractivity contribution < 1.29 is 0 Å². The Kier molecular flexibility index (Phi) is 17.7. The standard InChI is InChI=1S/C54H38N2.C52H36N2/c1-4-12-39(13-5-1)42-20-29-47(30-21-42)55(48-31-22-43(23-32-48)40-14-6-2-7-15-40)49-33-26-45(27-34-49)46-28-37-54-52(38-46)51-18-10-11-19-53(51)56(54)50-35-24-44(25-36-50)41-16-8-3-9-17-41;1-3-12-37(13-4-1)39-22-29-44(30-23-39)53(45-31-24-40(25-32-45)38-14-5-2-6-15-38)46-33-26-41(27-34-46)43-28-35-52-49(36-43)48-19-9-10-20-51(48)54(52)50-21-11-17-42-16-7-8-18-47(42)50/h1-38H;1-36H. The lowest BCUT2D eigenvalue weighted by atomic mass is 10.0. The summed E-state index contributed by atoms with van der Waals surface area (Å²) in [6.07, 6.45) is 0. The van der Waals surface area contributed by atoms with Crippen LogP contribution < -0.4 is 9.80 Å². The van der Waals surface area contributed by atoms with Crippen molar-refractivity contribution in [2.45, 2.75) is 0 Å². The molecule has 0 N–H and O–H groups in total. The van der Waals surface area contributed by atoms with Crippen molar-refractivity contribution in [1.29, 1.82) is 0 Å². The summed E-state index contributed by atoms with van der Waals surface area (Å²) in [5.74, 6) is 0. The number of benzene rings is 18. The summed E-state index contributed by atoms with van der Waals surface area (Å²) in [4.78, 5) is 4.68. The van der Waals surface area contributed by atoms with Gasteiger partial charge in [0, 0.05) is 66.7 Å². The third-order valence-electron chi connectivity index (χ3n) is 21.4. The van der Waals surface area contributed by atoms with Crippen LogP contribution >= 0.6 is 0 Å². The Balaban J connectivity index is 0.000000149. The van der Waals surface area contributed by atoms with Gasteiger partial charge in [0.05, 0.1) is 27.8 Å². The summed E-state index contributed by atoms with van der Waals surface area (Å²) in [7, 11) is 0. The zero-order valence-corrected chi connectivity index (χ0v) is 60.5. The van der Waals surface area contributed by atoms with Crippen LogP contribution in [0.2, 0.25) is 0 Å². The fourth-order valence-electron chi connectivity index (χ4n) is 15.9. The van der Waals surface area contributed by atoms with Gasteiger partial charge in [0.1, 0.15) is 0 Å². The Morgan fingerprint density at radius 3 is 0.727 bits per heavy atom. The number of fused-ring (bicyclic) bond motifs is 7. The first kappa shape index (κ1) is 66.1. The summed E-state index contributed by atoms with van der Waals surface area (Å²) in [6.45, 7) is 0. The molecule has 110 heavy (non-hydrogen) atoms. The van der Waals surface area contributed by atoms with Crippen LogP contribution in [0.5, 0.6) is 0 Å². The lowest BCUT2D eigenvalue weighted by Gasteiger charge is -2.26. The quantitative estimate of drug-likeness (QED) is 0.102. The highest BCUT2D eigenvalue weighted by Crippen LogP contribution is 2.44. The third kappa shape index (κ3) is 12.9. The van der Waals surface area contributed by atoms with E-state index in [2.05, 4.69) is 468 Å². The number of hydrogen-bond donors (Lipinski definition) is 0. The zero-order valence-electron chi connectivity index (χ0n) is 60.5. The minimum absolute atomic E-state index is 1.10. The van der Waals surface area contributed by atoms with Crippen LogP contribution in [-0.2, 0) is 0 Å². The largest absolute Gasteiger partial charge is 0.311 e. The third-order valence-corrected chi connectivity index (χ3v) is 21.4. The minimum Gasteiger partial charge on any atom is -0.311 e.